The van der Waals surface area contributed by atoms with Crippen LogP contribution in [0.2, 0.25) is 0 Å². The van der Waals surface area contributed by atoms with Crippen LogP contribution in [0.25, 0.3) is 0 Å². The van der Waals surface area contributed by atoms with Gasteiger partial charge in [-0.3, -0.25) is 0 Å². The molecule has 1 atom stereocenters. The van der Waals surface area contributed by atoms with Gasteiger partial charge in [-0.2, -0.15) is 0 Å². The summed E-state index contributed by atoms with van der Waals surface area (Å²) in [6.07, 6.45) is 7.60. The number of fused-ring (bicyclic) bond motifs is 1. The number of nitrogens with one attached hydrogen (secondary N) is 1. The highest BCUT2D eigenvalue weighted by Gasteiger charge is 2.18. The number of aryl methyl sites for hydroxylation is 1. The Hall–Kier alpha value is -3.31. The Bertz CT molecular complexity index is 1190. The largest absolute Gasteiger partial charge is 0.508 e. The second-order valence-electron chi connectivity index (χ2n) is 8.47. The summed E-state index contributed by atoms with van der Waals surface area (Å²) in [6, 6.07) is 22.6. The lowest BCUT2D eigenvalue weighted by Crippen LogP contribution is -2.31. The van der Waals surface area contributed by atoms with Gasteiger partial charge in [0, 0.05) is 45.7 Å². The molecule has 2 N–H and O–H groups in total. The van der Waals surface area contributed by atoms with Gasteiger partial charge in [-0.1, -0.05) is 48.0 Å². The number of para-hydroxylation sites is 1. The zero-order chi connectivity index (χ0) is 22.6. The van der Waals surface area contributed by atoms with E-state index in [1.165, 1.54) is 21.7 Å². The van der Waals surface area contributed by atoms with E-state index in [1.807, 2.05) is 30.0 Å². The van der Waals surface area contributed by atoms with E-state index in [9.17, 15) is 5.11 Å². The Morgan fingerprint density at radius 2 is 1.94 bits per heavy atom. The molecule has 0 saturated heterocycles. The van der Waals surface area contributed by atoms with Crippen LogP contribution in [0.1, 0.15) is 23.1 Å². The fourth-order valence-electron chi connectivity index (χ4n) is 4.12. The summed E-state index contributed by atoms with van der Waals surface area (Å²) in [6.45, 7) is 4.19. The molecule has 3 aromatic rings. The first-order valence-corrected chi connectivity index (χ1v) is 12.1. The van der Waals surface area contributed by atoms with Gasteiger partial charge in [-0.05, 0) is 55.8 Å². The zero-order valence-corrected chi connectivity index (χ0v) is 19.5. The van der Waals surface area contributed by atoms with Gasteiger partial charge in [0.2, 0.25) is 0 Å². The molecule has 168 valence electrons. The third kappa shape index (κ3) is 5.20. The molecule has 1 aliphatic heterocycles. The number of benzene rings is 3. The van der Waals surface area contributed by atoms with Crippen molar-refractivity contribution in [1.29, 1.82) is 0 Å². The molecule has 0 fully saturated rings. The van der Waals surface area contributed by atoms with Crippen molar-refractivity contribution in [3.63, 3.8) is 0 Å². The summed E-state index contributed by atoms with van der Waals surface area (Å²) in [7, 11) is 0. The van der Waals surface area contributed by atoms with E-state index in [-0.39, 0.29) is 0 Å². The Kier molecular flexibility index (Phi) is 6.31. The lowest BCUT2D eigenvalue weighted by atomic mass is 10.1. The second-order valence-corrected chi connectivity index (χ2v) is 9.78. The molecule has 0 amide bonds. The van der Waals surface area contributed by atoms with Crippen molar-refractivity contribution in [2.24, 2.45) is 0 Å². The van der Waals surface area contributed by atoms with Crippen LogP contribution >= 0.6 is 11.8 Å². The lowest BCUT2D eigenvalue weighted by molar-refractivity contribution is 0.289. The summed E-state index contributed by atoms with van der Waals surface area (Å²) in [5, 5.41) is 13.7. The number of phenolic OH excluding ortho intramolecular Hbond substituents is 1. The van der Waals surface area contributed by atoms with Gasteiger partial charge < -0.3 is 20.1 Å². The summed E-state index contributed by atoms with van der Waals surface area (Å²) in [5.74, 6) is 1.33. The number of hydrogen-bond donors (Lipinski definition) is 2. The number of anilines is 1. The molecule has 0 spiro atoms. The van der Waals surface area contributed by atoms with Crippen LogP contribution in [0.3, 0.4) is 0 Å². The normalized spacial score (nSPS) is 17.2. The molecule has 0 radical (unpaired) electrons. The average Bonchev–Trinajstić information content (AvgIpc) is 2.84. The molecule has 1 aliphatic carbocycles. The summed E-state index contributed by atoms with van der Waals surface area (Å²) in [4.78, 5) is 3.53. The topological polar surface area (TPSA) is 44.7 Å². The van der Waals surface area contributed by atoms with Crippen LogP contribution < -0.4 is 15.0 Å². The molecular weight excluding hydrogens is 428 g/mol. The second kappa shape index (κ2) is 9.67. The molecule has 0 bridgehead atoms. The molecule has 33 heavy (non-hydrogen) atoms. The molecule has 0 saturated carbocycles. The van der Waals surface area contributed by atoms with E-state index in [0.29, 0.717) is 24.3 Å². The highest BCUT2D eigenvalue weighted by atomic mass is 32.2. The zero-order valence-electron chi connectivity index (χ0n) is 18.7. The van der Waals surface area contributed by atoms with Crippen LogP contribution in [0.5, 0.6) is 11.5 Å². The maximum absolute atomic E-state index is 9.91. The maximum atomic E-state index is 9.91. The van der Waals surface area contributed by atoms with E-state index < -0.39 is 0 Å². The number of rotatable bonds is 6. The van der Waals surface area contributed by atoms with Crippen molar-refractivity contribution in [1.82, 2.24) is 5.32 Å². The van der Waals surface area contributed by atoms with E-state index in [2.05, 4.69) is 77.8 Å². The quantitative estimate of drug-likeness (QED) is 0.466. The van der Waals surface area contributed by atoms with Crippen molar-refractivity contribution < 1.29 is 9.84 Å². The predicted octanol–water partition coefficient (Wildman–Crippen LogP) is 6.15. The van der Waals surface area contributed by atoms with E-state index >= 15 is 0 Å². The average molecular weight is 457 g/mol. The molecule has 2 aliphatic rings. The number of ether oxygens (including phenoxy) is 1. The molecule has 0 aromatic heterocycles. The summed E-state index contributed by atoms with van der Waals surface area (Å²) >= 11 is 1.88. The Morgan fingerprint density at radius 3 is 2.73 bits per heavy atom. The minimum atomic E-state index is 0.331. The number of hydrogen-bond acceptors (Lipinski definition) is 5. The van der Waals surface area contributed by atoms with E-state index in [0.717, 1.165) is 30.0 Å². The van der Waals surface area contributed by atoms with Gasteiger partial charge in [0.15, 0.2) is 6.73 Å². The summed E-state index contributed by atoms with van der Waals surface area (Å²) < 4.78 is 5.95. The van der Waals surface area contributed by atoms with Crippen molar-refractivity contribution in [2.75, 3.05) is 11.6 Å². The fraction of sp³-hybridized carbons (Fsp3) is 0.214. The highest BCUT2D eigenvalue weighted by molar-refractivity contribution is 8.00. The number of aromatic hydroxyl groups is 1. The first kappa shape index (κ1) is 21.5. The SMILES string of the molecule is Cc1ccc2c(c1)CN(c1ccc(SC3C=CC(NCc4ccccc4O)=CC3)cc1)CO2. The van der Waals surface area contributed by atoms with Crippen LogP contribution in [0.4, 0.5) is 5.69 Å². The van der Waals surface area contributed by atoms with Crippen molar-refractivity contribution in [3.8, 4) is 11.5 Å². The monoisotopic (exact) mass is 456 g/mol. The number of allylic oxidation sites excluding steroid dienone is 2. The molecule has 1 heterocycles. The van der Waals surface area contributed by atoms with Crippen molar-refractivity contribution >= 4 is 17.4 Å². The molecule has 5 heteroatoms. The standard InChI is InChI=1S/C28H28N2O2S/c1-20-6-15-28-22(16-20)18-30(19-32-28)24-9-13-26(14-10-24)33-25-11-7-23(8-12-25)29-17-21-4-2-3-5-27(21)31/h2-11,13-16,25,29,31H,12,17-19H2,1H3. The molecular formula is C28H28N2O2S. The van der Waals surface area contributed by atoms with E-state index in [4.69, 9.17) is 4.74 Å². The van der Waals surface area contributed by atoms with Gasteiger partial charge in [0.25, 0.3) is 0 Å². The van der Waals surface area contributed by atoms with Gasteiger partial charge in [0.1, 0.15) is 11.5 Å². The molecule has 4 nitrogen and oxygen atoms in total. The van der Waals surface area contributed by atoms with Gasteiger partial charge in [-0.15, -0.1) is 11.8 Å². The highest BCUT2D eigenvalue weighted by Crippen LogP contribution is 2.33. The number of phenols is 1. The smallest absolute Gasteiger partial charge is 0.161 e. The fourth-order valence-corrected chi connectivity index (χ4v) is 5.12. The van der Waals surface area contributed by atoms with E-state index in [1.54, 1.807) is 6.07 Å². The van der Waals surface area contributed by atoms with Crippen molar-refractivity contribution in [3.05, 3.63) is 107 Å². The Morgan fingerprint density at radius 1 is 1.09 bits per heavy atom. The number of thioether (sulfide) groups is 1. The third-order valence-electron chi connectivity index (χ3n) is 5.98. The first-order chi connectivity index (χ1) is 16.1. The Balaban J connectivity index is 1.14. The van der Waals surface area contributed by atoms with Gasteiger partial charge in [0.05, 0.1) is 0 Å². The maximum Gasteiger partial charge on any atom is 0.161 e. The third-order valence-corrected chi connectivity index (χ3v) is 7.17. The minimum absolute atomic E-state index is 0.331. The Labute approximate surface area is 199 Å². The van der Waals surface area contributed by atoms with Crippen LogP contribution in [0, 0.1) is 6.92 Å². The van der Waals surface area contributed by atoms with Gasteiger partial charge >= 0.3 is 0 Å². The molecule has 1 unspecified atom stereocenters. The minimum Gasteiger partial charge on any atom is -0.508 e. The van der Waals surface area contributed by atoms with Gasteiger partial charge in [-0.25, -0.2) is 0 Å². The lowest BCUT2D eigenvalue weighted by Gasteiger charge is -2.31. The van der Waals surface area contributed by atoms with Crippen LogP contribution in [-0.4, -0.2) is 17.1 Å². The van der Waals surface area contributed by atoms with Crippen LogP contribution in [0.15, 0.2) is 95.6 Å². The molecule has 5 rings (SSSR count). The van der Waals surface area contributed by atoms with Crippen molar-refractivity contribution in [2.45, 2.75) is 36.6 Å². The number of nitrogens with zero attached hydrogens (tertiary/aromatic N) is 1. The summed E-state index contributed by atoms with van der Waals surface area (Å²) in [5.41, 5.74) is 5.69. The molecule has 3 aromatic carbocycles. The first-order valence-electron chi connectivity index (χ1n) is 11.3. The predicted molar refractivity (Wildman–Crippen MR) is 136 cm³/mol. The van der Waals surface area contributed by atoms with Crippen LogP contribution in [-0.2, 0) is 13.1 Å².